The van der Waals surface area contributed by atoms with Gasteiger partial charge in [0.05, 0.1) is 24.0 Å². The SMILES string of the molecule is O=C(Cc1c[nH]c2ccccc12)NCc1nc2ccccc2[nH]1. The van der Waals surface area contributed by atoms with Crippen molar-refractivity contribution in [2.24, 2.45) is 0 Å². The first-order chi connectivity index (χ1) is 11.3. The van der Waals surface area contributed by atoms with Crippen molar-refractivity contribution in [1.82, 2.24) is 20.3 Å². The van der Waals surface area contributed by atoms with Crippen molar-refractivity contribution in [3.05, 3.63) is 66.1 Å². The summed E-state index contributed by atoms with van der Waals surface area (Å²) in [5, 5.41) is 4.01. The average molecular weight is 304 g/mol. The zero-order valence-electron chi connectivity index (χ0n) is 12.5. The van der Waals surface area contributed by atoms with Crippen LogP contribution in [0.5, 0.6) is 0 Å². The monoisotopic (exact) mass is 304 g/mol. The molecular formula is C18H16N4O. The lowest BCUT2D eigenvalue weighted by Crippen LogP contribution is -2.25. The van der Waals surface area contributed by atoms with Crippen molar-refractivity contribution in [2.45, 2.75) is 13.0 Å². The van der Waals surface area contributed by atoms with Gasteiger partial charge in [-0.2, -0.15) is 0 Å². The van der Waals surface area contributed by atoms with Crippen molar-refractivity contribution >= 4 is 27.8 Å². The van der Waals surface area contributed by atoms with Crippen molar-refractivity contribution in [3.63, 3.8) is 0 Å². The molecule has 2 aromatic carbocycles. The molecule has 0 aliphatic heterocycles. The molecular weight excluding hydrogens is 288 g/mol. The molecule has 2 heterocycles. The smallest absolute Gasteiger partial charge is 0.224 e. The van der Waals surface area contributed by atoms with Crippen molar-refractivity contribution in [1.29, 1.82) is 0 Å². The third-order valence-corrected chi connectivity index (χ3v) is 3.92. The lowest BCUT2D eigenvalue weighted by Gasteiger charge is -2.02. The number of hydrogen-bond acceptors (Lipinski definition) is 2. The Labute approximate surface area is 132 Å². The maximum Gasteiger partial charge on any atom is 0.224 e. The Morgan fingerprint density at radius 3 is 2.70 bits per heavy atom. The van der Waals surface area contributed by atoms with Crippen LogP contribution in [0.2, 0.25) is 0 Å². The minimum absolute atomic E-state index is 0.0183. The van der Waals surface area contributed by atoms with Gasteiger partial charge < -0.3 is 15.3 Å². The lowest BCUT2D eigenvalue weighted by molar-refractivity contribution is -0.120. The number of H-pyrrole nitrogens is 2. The molecule has 114 valence electrons. The highest BCUT2D eigenvalue weighted by molar-refractivity contribution is 5.88. The first kappa shape index (κ1) is 13.6. The van der Waals surface area contributed by atoms with E-state index in [1.807, 2.05) is 54.7 Å². The number of hydrogen-bond donors (Lipinski definition) is 3. The van der Waals surface area contributed by atoms with E-state index in [1.54, 1.807) is 0 Å². The highest BCUT2D eigenvalue weighted by atomic mass is 16.1. The van der Waals surface area contributed by atoms with Crippen LogP contribution in [0.15, 0.2) is 54.7 Å². The first-order valence-corrected chi connectivity index (χ1v) is 7.55. The number of carbonyl (C=O) groups excluding carboxylic acids is 1. The molecule has 0 saturated heterocycles. The number of carbonyl (C=O) groups is 1. The highest BCUT2D eigenvalue weighted by Crippen LogP contribution is 2.18. The minimum Gasteiger partial charge on any atom is -0.361 e. The average Bonchev–Trinajstić information content (AvgIpc) is 3.17. The zero-order chi connectivity index (χ0) is 15.6. The minimum atomic E-state index is -0.0183. The van der Waals surface area contributed by atoms with Crippen LogP contribution >= 0.6 is 0 Å². The number of fused-ring (bicyclic) bond motifs is 2. The van der Waals surface area contributed by atoms with E-state index in [1.165, 1.54) is 0 Å². The quantitative estimate of drug-likeness (QED) is 0.542. The summed E-state index contributed by atoms with van der Waals surface area (Å²) in [6.45, 7) is 0.399. The van der Waals surface area contributed by atoms with E-state index >= 15 is 0 Å². The Morgan fingerprint density at radius 1 is 1.04 bits per heavy atom. The zero-order valence-corrected chi connectivity index (χ0v) is 12.5. The van der Waals surface area contributed by atoms with Gasteiger partial charge in [-0.1, -0.05) is 30.3 Å². The van der Waals surface area contributed by atoms with Gasteiger partial charge in [0.15, 0.2) is 0 Å². The van der Waals surface area contributed by atoms with E-state index in [9.17, 15) is 4.79 Å². The summed E-state index contributed by atoms with van der Waals surface area (Å²) in [7, 11) is 0. The van der Waals surface area contributed by atoms with E-state index in [2.05, 4.69) is 20.3 Å². The van der Waals surface area contributed by atoms with E-state index in [0.29, 0.717) is 13.0 Å². The van der Waals surface area contributed by atoms with Gasteiger partial charge in [-0.05, 0) is 23.8 Å². The Morgan fingerprint density at radius 2 is 1.83 bits per heavy atom. The highest BCUT2D eigenvalue weighted by Gasteiger charge is 2.09. The fourth-order valence-corrected chi connectivity index (χ4v) is 2.79. The second kappa shape index (κ2) is 5.61. The summed E-state index contributed by atoms with van der Waals surface area (Å²) in [6, 6.07) is 15.8. The summed E-state index contributed by atoms with van der Waals surface area (Å²) < 4.78 is 0. The topological polar surface area (TPSA) is 73.6 Å². The fraction of sp³-hybridized carbons (Fsp3) is 0.111. The van der Waals surface area contributed by atoms with Crippen LogP contribution in [0.4, 0.5) is 0 Å². The summed E-state index contributed by atoms with van der Waals surface area (Å²) in [6.07, 6.45) is 2.25. The molecule has 4 aromatic rings. The van der Waals surface area contributed by atoms with E-state index in [4.69, 9.17) is 0 Å². The molecule has 0 bridgehead atoms. The maximum absolute atomic E-state index is 12.2. The van der Waals surface area contributed by atoms with E-state index in [0.717, 1.165) is 33.3 Å². The number of imidazole rings is 1. The van der Waals surface area contributed by atoms with Gasteiger partial charge in [0.1, 0.15) is 5.82 Å². The number of aromatic nitrogens is 3. The molecule has 0 unspecified atom stereocenters. The Hall–Kier alpha value is -3.08. The number of nitrogens with one attached hydrogen (secondary N) is 3. The van der Waals surface area contributed by atoms with Gasteiger partial charge in [-0.25, -0.2) is 4.98 Å². The van der Waals surface area contributed by atoms with Crippen LogP contribution in [-0.2, 0) is 17.8 Å². The van der Waals surface area contributed by atoms with Gasteiger partial charge in [0.25, 0.3) is 0 Å². The Bertz CT molecular complexity index is 950. The molecule has 0 saturated carbocycles. The molecule has 0 aliphatic rings. The molecule has 0 radical (unpaired) electrons. The Balaban J connectivity index is 1.43. The third kappa shape index (κ3) is 2.68. The molecule has 5 nitrogen and oxygen atoms in total. The van der Waals surface area contributed by atoms with Crippen LogP contribution in [0, 0.1) is 0 Å². The summed E-state index contributed by atoms with van der Waals surface area (Å²) in [4.78, 5) is 23.0. The molecule has 0 fully saturated rings. The standard InChI is InChI=1S/C18H16N4O/c23-18(9-12-10-19-14-6-2-1-5-13(12)14)20-11-17-21-15-7-3-4-8-16(15)22-17/h1-8,10,19H,9,11H2,(H,20,23)(H,21,22). The molecule has 1 amide bonds. The van der Waals surface area contributed by atoms with Crippen molar-refractivity contribution in [3.8, 4) is 0 Å². The molecule has 3 N–H and O–H groups in total. The van der Waals surface area contributed by atoms with Gasteiger partial charge >= 0.3 is 0 Å². The summed E-state index contributed by atoms with van der Waals surface area (Å²) >= 11 is 0. The van der Waals surface area contributed by atoms with Crippen LogP contribution in [0.1, 0.15) is 11.4 Å². The number of aromatic amines is 2. The maximum atomic E-state index is 12.2. The van der Waals surface area contributed by atoms with E-state index < -0.39 is 0 Å². The molecule has 4 rings (SSSR count). The number of rotatable bonds is 4. The molecule has 5 heteroatoms. The van der Waals surface area contributed by atoms with Crippen molar-refractivity contribution < 1.29 is 4.79 Å². The predicted octanol–water partition coefficient (Wildman–Crippen LogP) is 2.90. The largest absolute Gasteiger partial charge is 0.361 e. The first-order valence-electron chi connectivity index (χ1n) is 7.55. The number of nitrogens with zero attached hydrogens (tertiary/aromatic N) is 1. The summed E-state index contributed by atoms with van der Waals surface area (Å²) in [5.74, 6) is 0.744. The summed E-state index contributed by atoms with van der Waals surface area (Å²) in [5.41, 5.74) is 3.94. The molecule has 0 spiro atoms. The van der Waals surface area contributed by atoms with Crippen molar-refractivity contribution in [2.75, 3.05) is 0 Å². The second-order valence-electron chi connectivity index (χ2n) is 5.51. The number of para-hydroxylation sites is 3. The predicted molar refractivity (Wildman–Crippen MR) is 89.9 cm³/mol. The normalized spacial score (nSPS) is 11.1. The molecule has 0 aliphatic carbocycles. The van der Waals surface area contributed by atoms with Gasteiger partial charge in [0.2, 0.25) is 5.91 Å². The molecule has 0 atom stereocenters. The van der Waals surface area contributed by atoms with Crippen LogP contribution < -0.4 is 5.32 Å². The van der Waals surface area contributed by atoms with Gasteiger partial charge in [-0.15, -0.1) is 0 Å². The van der Waals surface area contributed by atoms with Crippen LogP contribution in [0.25, 0.3) is 21.9 Å². The molecule has 2 aromatic heterocycles. The van der Waals surface area contributed by atoms with E-state index in [-0.39, 0.29) is 5.91 Å². The van der Waals surface area contributed by atoms with Gasteiger partial charge in [0, 0.05) is 17.1 Å². The van der Waals surface area contributed by atoms with Crippen LogP contribution in [0.3, 0.4) is 0 Å². The second-order valence-corrected chi connectivity index (χ2v) is 5.51. The number of benzene rings is 2. The third-order valence-electron chi connectivity index (χ3n) is 3.92. The van der Waals surface area contributed by atoms with Crippen LogP contribution in [-0.4, -0.2) is 20.9 Å². The Kier molecular flexibility index (Phi) is 3.31. The molecule has 23 heavy (non-hydrogen) atoms. The number of amides is 1. The van der Waals surface area contributed by atoms with Gasteiger partial charge in [-0.3, -0.25) is 4.79 Å². The fourth-order valence-electron chi connectivity index (χ4n) is 2.79. The lowest BCUT2D eigenvalue weighted by atomic mass is 10.1.